The Bertz CT molecular complexity index is 5350. The van der Waals surface area contributed by atoms with Gasteiger partial charge in [0, 0.05) is 125 Å². The monoisotopic (exact) mass is 1880 g/mol. The number of likely N-dealkylation sites (N-methyl/N-ethyl adjacent to an activating group) is 4. The molecule has 0 aliphatic carbocycles. The van der Waals surface area contributed by atoms with Crippen LogP contribution in [-0.2, 0) is 114 Å². The van der Waals surface area contributed by atoms with Crippen LogP contribution >= 0.6 is 11.8 Å². The van der Waals surface area contributed by atoms with E-state index in [0.29, 0.717) is 62.6 Å². The number of nitrogens with two attached hydrogens (primary N) is 3. The third kappa shape index (κ3) is 30.1. The molecule has 3 aromatic heterocycles. The van der Waals surface area contributed by atoms with Gasteiger partial charge in [0.15, 0.2) is 5.96 Å². The van der Waals surface area contributed by atoms with Gasteiger partial charge in [-0.15, -0.1) is 11.8 Å². The highest BCUT2D eigenvalue weighted by atomic mass is 32.2. The number of thioether (sulfide) groups is 1. The van der Waals surface area contributed by atoms with E-state index in [1.807, 2.05) is 6.92 Å². The smallest absolute Gasteiger partial charge is 0.246 e. The van der Waals surface area contributed by atoms with Crippen LogP contribution in [-0.4, -0.2) is 307 Å². The molecule has 135 heavy (non-hydrogen) atoms. The molecule has 2 aliphatic heterocycles. The topological polar surface area (TPSA) is 621 Å². The second-order valence-electron chi connectivity index (χ2n) is 34.2. The van der Waals surface area contributed by atoms with Crippen molar-refractivity contribution in [2.45, 2.75) is 196 Å². The second kappa shape index (κ2) is 50.6. The number of aromatic amines is 3. The number of aromatic nitrogens is 4. The zero-order chi connectivity index (χ0) is 98.3. The van der Waals surface area contributed by atoms with Gasteiger partial charge < -0.3 is 120 Å². The van der Waals surface area contributed by atoms with E-state index in [1.165, 1.54) is 47.6 Å². The molecule has 42 nitrogen and oxygen atoms in total. The Morgan fingerprint density at radius 3 is 1.65 bits per heavy atom. The Balaban J connectivity index is 1.10. The molecule has 0 spiro atoms. The summed E-state index contributed by atoms with van der Waals surface area (Å²) < 4.78 is 0. The van der Waals surface area contributed by atoms with Crippen molar-refractivity contribution >= 4 is 140 Å². The lowest BCUT2D eigenvalue weighted by Crippen LogP contribution is -2.61. The van der Waals surface area contributed by atoms with Crippen molar-refractivity contribution in [3.8, 4) is 0 Å². The summed E-state index contributed by atoms with van der Waals surface area (Å²) in [7, 11) is 5.22. The van der Waals surface area contributed by atoms with Crippen LogP contribution in [0.4, 0.5) is 0 Å². The largest absolute Gasteiger partial charge is 0.394 e. The van der Waals surface area contributed by atoms with Crippen LogP contribution in [0.5, 0.6) is 0 Å². The normalized spacial score (nSPS) is 23.2. The maximum atomic E-state index is 15.8. The quantitative estimate of drug-likeness (QED) is 0.0166. The molecular weight excluding hydrogens is 1760 g/mol. The lowest BCUT2D eigenvalue weighted by atomic mass is 9.99. The molecule has 0 saturated carbocycles. The number of hydrogen-bond acceptors (Lipinski definition) is 21. The van der Waals surface area contributed by atoms with Gasteiger partial charge in [-0.05, 0) is 85.8 Å². The van der Waals surface area contributed by atoms with Gasteiger partial charge in [0.2, 0.25) is 100 Å². The molecule has 13 atom stereocenters. The minimum atomic E-state index is -1.86. The van der Waals surface area contributed by atoms with Crippen LogP contribution in [0.2, 0.25) is 0 Å². The summed E-state index contributed by atoms with van der Waals surface area (Å²) in [5.41, 5.74) is 20.6. The van der Waals surface area contributed by atoms with E-state index in [2.05, 4.69) is 78.4 Å². The molecule has 17 amide bonds. The third-order valence-electron chi connectivity index (χ3n) is 23.6. The van der Waals surface area contributed by atoms with Gasteiger partial charge in [-0.25, -0.2) is 4.98 Å². The number of carbonyl (C=O) groups is 17. The molecular formula is C92H124N24O18S. The summed E-state index contributed by atoms with van der Waals surface area (Å²) in [6.07, 6.45) is 4.79. The highest BCUT2D eigenvalue weighted by Crippen LogP contribution is 2.26. The van der Waals surface area contributed by atoms with Crippen molar-refractivity contribution < 1.29 is 86.6 Å². The lowest BCUT2D eigenvalue weighted by molar-refractivity contribution is -0.149. The van der Waals surface area contributed by atoms with Crippen molar-refractivity contribution in [1.29, 1.82) is 5.41 Å². The predicted molar refractivity (Wildman–Crippen MR) is 500 cm³/mol. The van der Waals surface area contributed by atoms with Crippen molar-refractivity contribution in [2.24, 2.45) is 23.1 Å². The number of unbranched alkanes of at least 4 members (excludes halogenated alkanes) is 1. The van der Waals surface area contributed by atoms with Gasteiger partial charge >= 0.3 is 0 Å². The van der Waals surface area contributed by atoms with Crippen LogP contribution in [0.15, 0.2) is 134 Å². The number of primary amides is 2. The standard InChI is InChI=1S/C92H124N24O18S/c1-9-10-32-73-91(134)115(8)74(38-55-25-15-12-16-26-55)86(129)105-63(31-21-34-98-92(95)96)81(124)111-71(80(123)101-46-76(94)119)49-135-50-78(121)104-67(37-54-23-13-11-14-24-54)88(131)113(6)53(4)79(122)107-69(42-75(93)118)90(133)116-35-22-33-72(116)85(128)106-65(41-58-45-97-51-102-58)83(126)108-66(36-52(2)3)87(130)112(5)47-77(120)103-64(39-56-43-99-61-29-19-17-27-59(56)61)82(125)110-70(48-117)84(127)109-68(89(132)114(73)7)40-57-44-100-62-30-20-18-28-60(57)62/h11-20,23-30,43-45,51-53,63-74,99-100,117H,9-10,21-22,31-42,46-50H2,1-8H3,(H2,93,118)(H2,94,119)(H,97,102)(H,101,123)(H,103,120)(H,104,121)(H,105,129)(H,106,128)(H,107,122)(H,108,126)(H,109,127)(H,110,125)(H,111,124)(H4,95,96,98)/t53-,63-,64-,65-,66?,67-,68-,69-,70-,71-,72-,73-,74-/m0/s1. The molecule has 2 fully saturated rings. The average molecular weight is 1890 g/mol. The number of benzene rings is 4. The van der Waals surface area contributed by atoms with E-state index in [-0.39, 0.29) is 89.6 Å². The van der Waals surface area contributed by atoms with Gasteiger partial charge in [0.1, 0.15) is 78.5 Å². The van der Waals surface area contributed by atoms with E-state index in [0.717, 1.165) is 36.3 Å². The number of aliphatic hydroxyl groups excluding tert-OH is 1. The number of aliphatic hydroxyl groups is 1. The summed E-state index contributed by atoms with van der Waals surface area (Å²) >= 11 is 0.787. The molecule has 4 aromatic carbocycles. The fraction of sp³-hybridized carbons (Fsp3) is 0.467. The Hall–Kier alpha value is -14.3. The van der Waals surface area contributed by atoms with Crippen LogP contribution in [0.25, 0.3) is 21.8 Å². The van der Waals surface area contributed by atoms with Crippen LogP contribution < -0.4 is 75.7 Å². The number of nitrogens with zero attached hydrogens (tertiary/aromatic N) is 6. The van der Waals surface area contributed by atoms with Crippen LogP contribution in [0.3, 0.4) is 0 Å². The van der Waals surface area contributed by atoms with Crippen molar-refractivity contribution in [2.75, 3.05) is 72.5 Å². The molecule has 2 saturated heterocycles. The number of rotatable bonds is 25. The summed E-state index contributed by atoms with van der Waals surface area (Å²) in [6.45, 7) is 4.03. The SMILES string of the molecule is CCCC[C@H]1C(=O)N(C)[C@@H](Cc2ccccc2)C(=O)N[C@@H](CCCNC(=N)N)C(=O)N[C@H](C(=O)NCC(N)=O)CSCC(=O)N[C@@H](Cc2ccccc2)C(=O)N(C)[C@@H](C)C(=O)N[C@@H](CC(N)=O)C(=O)N2CCC[C@H]2C(=O)N[C@@H](Cc2cnc[nH]2)C(=O)NC(CC(C)C)C(=O)N(C)CC(=O)N[C@@H](Cc2c[nH]c3ccccc23)C(=O)N[C@@H](CO)C(=O)N[C@@H](Cc2c[nH]c3ccccc23)C(=O)N1C. The predicted octanol–water partition coefficient (Wildman–Crippen LogP) is -2.09. The number of H-pyrrole nitrogens is 3. The van der Waals surface area contributed by atoms with Gasteiger partial charge in [0.25, 0.3) is 0 Å². The molecule has 1 unspecified atom stereocenters. The van der Waals surface area contributed by atoms with Crippen molar-refractivity contribution in [3.63, 3.8) is 0 Å². The summed E-state index contributed by atoms with van der Waals surface area (Å²) in [6, 6.07) is 11.0. The average Bonchev–Trinajstić information content (AvgIpc) is 1.79. The number of para-hydroxylation sites is 2. The van der Waals surface area contributed by atoms with Crippen molar-refractivity contribution in [1.82, 2.24) is 103 Å². The zero-order valence-electron chi connectivity index (χ0n) is 76.8. The fourth-order valence-electron chi connectivity index (χ4n) is 16.1. The van der Waals surface area contributed by atoms with Gasteiger partial charge in [-0.2, -0.15) is 0 Å². The summed E-state index contributed by atoms with van der Waals surface area (Å²) in [5, 5.41) is 49.5. The molecule has 2 aliphatic rings. The number of carbonyl (C=O) groups excluding carboxylic acids is 17. The highest BCUT2D eigenvalue weighted by molar-refractivity contribution is 8.00. The van der Waals surface area contributed by atoms with E-state index in [9.17, 15) is 57.8 Å². The number of imidazole rings is 1. The zero-order valence-corrected chi connectivity index (χ0v) is 77.7. The lowest BCUT2D eigenvalue weighted by Gasteiger charge is -2.36. The summed E-state index contributed by atoms with van der Waals surface area (Å²) in [4.78, 5) is 268. The first-order valence-corrected chi connectivity index (χ1v) is 45.9. The molecule has 9 rings (SSSR count). The number of amides is 17. The number of guanidine groups is 1. The minimum Gasteiger partial charge on any atom is -0.394 e. The Labute approximate surface area is 784 Å². The Morgan fingerprint density at radius 2 is 1.06 bits per heavy atom. The van der Waals surface area contributed by atoms with Crippen molar-refractivity contribution in [3.05, 3.63) is 162 Å². The molecule has 7 aromatic rings. The first-order chi connectivity index (χ1) is 64.4. The van der Waals surface area contributed by atoms with Gasteiger partial charge in [0.05, 0.1) is 38.2 Å². The van der Waals surface area contributed by atoms with E-state index in [4.69, 9.17) is 22.6 Å². The fourth-order valence-corrected chi connectivity index (χ4v) is 17.0. The number of fused-ring (bicyclic) bond motifs is 3. The molecule has 5 heterocycles. The first kappa shape index (κ1) is 104. The minimum absolute atomic E-state index is 0.0115. The third-order valence-corrected chi connectivity index (χ3v) is 24.6. The van der Waals surface area contributed by atoms with Crippen LogP contribution in [0.1, 0.15) is 113 Å². The first-order valence-electron chi connectivity index (χ1n) is 44.8. The molecule has 0 radical (unpaired) electrons. The Morgan fingerprint density at radius 1 is 0.526 bits per heavy atom. The van der Waals surface area contributed by atoms with E-state index < -0.39 is 223 Å². The number of hydrogen-bond donors (Lipinski definition) is 19. The molecule has 726 valence electrons. The van der Waals surface area contributed by atoms with E-state index >= 15 is 28.8 Å². The van der Waals surface area contributed by atoms with Crippen LogP contribution in [0, 0.1) is 11.3 Å². The number of nitrogens with one attached hydrogen (secondary N) is 15. The van der Waals surface area contributed by atoms with Gasteiger partial charge in [-0.3, -0.25) is 86.9 Å². The Kier molecular flexibility index (Phi) is 39.1. The molecule has 22 N–H and O–H groups in total. The molecule has 0 bridgehead atoms. The highest BCUT2D eigenvalue weighted by Gasteiger charge is 2.44. The maximum Gasteiger partial charge on any atom is 0.246 e. The maximum absolute atomic E-state index is 15.8. The molecule has 43 heteroatoms. The van der Waals surface area contributed by atoms with E-state index in [1.54, 1.807) is 135 Å². The van der Waals surface area contributed by atoms with Gasteiger partial charge in [-0.1, -0.05) is 131 Å². The second-order valence-corrected chi connectivity index (χ2v) is 35.2. The summed E-state index contributed by atoms with van der Waals surface area (Å²) in [5.74, 6) is -17.4.